The zero-order chi connectivity index (χ0) is 12.3. The Morgan fingerprint density at radius 1 is 1.47 bits per heavy atom. The predicted octanol–water partition coefficient (Wildman–Crippen LogP) is 3.47. The highest BCUT2D eigenvalue weighted by Gasteiger charge is 2.09. The Labute approximate surface area is 113 Å². The molecule has 2 rings (SSSR count). The summed E-state index contributed by atoms with van der Waals surface area (Å²) in [7, 11) is 0. The van der Waals surface area contributed by atoms with Crippen molar-refractivity contribution < 1.29 is 0 Å². The summed E-state index contributed by atoms with van der Waals surface area (Å²) in [5.74, 6) is 0. The van der Waals surface area contributed by atoms with Crippen LogP contribution in [0.1, 0.15) is 19.5 Å². The third kappa shape index (κ3) is 3.34. The number of aromatic nitrogens is 2. The monoisotopic (exact) mass is 311 g/mol. The van der Waals surface area contributed by atoms with Crippen LogP contribution < -0.4 is 5.32 Å². The number of hydrogen-bond donors (Lipinski definition) is 1. The van der Waals surface area contributed by atoms with Crippen LogP contribution in [0, 0.1) is 0 Å². The van der Waals surface area contributed by atoms with Gasteiger partial charge in [0.1, 0.15) is 10.7 Å². The molecule has 0 unspecified atom stereocenters. The quantitative estimate of drug-likeness (QED) is 0.939. The molecule has 2 aromatic rings. The lowest BCUT2D eigenvalue weighted by Crippen LogP contribution is -2.21. The molecular formula is C12H14BrN3S. The van der Waals surface area contributed by atoms with E-state index in [-0.39, 0.29) is 0 Å². The zero-order valence-corrected chi connectivity index (χ0v) is 12.2. The van der Waals surface area contributed by atoms with Crippen molar-refractivity contribution in [1.82, 2.24) is 15.3 Å². The molecule has 0 spiro atoms. The summed E-state index contributed by atoms with van der Waals surface area (Å²) in [6, 6.07) is 4.36. The average molecular weight is 312 g/mol. The Bertz CT molecular complexity index is 496. The molecular weight excluding hydrogens is 298 g/mol. The summed E-state index contributed by atoms with van der Waals surface area (Å²) in [5.41, 5.74) is 1.98. The van der Waals surface area contributed by atoms with Crippen LogP contribution in [0.2, 0.25) is 0 Å². The van der Waals surface area contributed by atoms with Gasteiger partial charge in [0.05, 0.1) is 5.69 Å². The SMILES string of the molecule is CC(C)NCc1csc(-c2ncccc2Br)n1. The van der Waals surface area contributed by atoms with Crippen LogP contribution in [0.25, 0.3) is 10.7 Å². The van der Waals surface area contributed by atoms with E-state index < -0.39 is 0 Å². The molecule has 2 heterocycles. The third-order valence-corrected chi connectivity index (χ3v) is 3.74. The lowest BCUT2D eigenvalue weighted by molar-refractivity contribution is 0.583. The second kappa shape index (κ2) is 5.71. The Balaban J connectivity index is 2.16. The van der Waals surface area contributed by atoms with E-state index in [9.17, 15) is 0 Å². The van der Waals surface area contributed by atoms with E-state index in [0.717, 1.165) is 27.4 Å². The zero-order valence-electron chi connectivity index (χ0n) is 9.77. The van der Waals surface area contributed by atoms with Crippen LogP contribution in [0.4, 0.5) is 0 Å². The first-order chi connectivity index (χ1) is 8.16. The van der Waals surface area contributed by atoms with Crippen molar-refractivity contribution in [2.75, 3.05) is 0 Å². The maximum Gasteiger partial charge on any atom is 0.143 e. The molecule has 2 aromatic heterocycles. The van der Waals surface area contributed by atoms with Crippen LogP contribution in [0.3, 0.4) is 0 Å². The first-order valence-corrected chi connectivity index (χ1v) is 7.12. The van der Waals surface area contributed by atoms with E-state index >= 15 is 0 Å². The molecule has 0 bridgehead atoms. The Hall–Kier alpha value is -0.780. The average Bonchev–Trinajstić information content (AvgIpc) is 2.75. The number of hydrogen-bond acceptors (Lipinski definition) is 4. The molecule has 0 amide bonds. The summed E-state index contributed by atoms with van der Waals surface area (Å²) in [5, 5.41) is 6.38. The van der Waals surface area contributed by atoms with Crippen molar-refractivity contribution in [3.63, 3.8) is 0 Å². The van der Waals surface area contributed by atoms with Crippen LogP contribution in [0.15, 0.2) is 28.2 Å². The molecule has 1 N–H and O–H groups in total. The summed E-state index contributed by atoms with van der Waals surface area (Å²) in [6.45, 7) is 5.06. The summed E-state index contributed by atoms with van der Waals surface area (Å²) in [4.78, 5) is 8.91. The van der Waals surface area contributed by atoms with Gasteiger partial charge in [-0.25, -0.2) is 4.98 Å². The number of rotatable bonds is 4. The molecule has 0 saturated heterocycles. The maximum atomic E-state index is 4.58. The highest BCUT2D eigenvalue weighted by molar-refractivity contribution is 9.10. The van der Waals surface area contributed by atoms with Crippen molar-refractivity contribution in [1.29, 1.82) is 0 Å². The van der Waals surface area contributed by atoms with Crippen LogP contribution in [-0.2, 0) is 6.54 Å². The molecule has 0 fully saturated rings. The van der Waals surface area contributed by atoms with Crippen molar-refractivity contribution >= 4 is 27.3 Å². The smallest absolute Gasteiger partial charge is 0.143 e. The van der Waals surface area contributed by atoms with E-state index in [1.807, 2.05) is 12.1 Å². The molecule has 5 heteroatoms. The van der Waals surface area contributed by atoms with E-state index in [0.29, 0.717) is 6.04 Å². The minimum Gasteiger partial charge on any atom is -0.309 e. The van der Waals surface area contributed by atoms with Gasteiger partial charge in [-0.05, 0) is 28.1 Å². The van der Waals surface area contributed by atoms with Gasteiger partial charge in [-0.2, -0.15) is 0 Å². The molecule has 0 aliphatic carbocycles. The minimum absolute atomic E-state index is 0.474. The number of thiazole rings is 1. The van der Waals surface area contributed by atoms with Gasteiger partial charge in [0.2, 0.25) is 0 Å². The number of nitrogens with one attached hydrogen (secondary N) is 1. The van der Waals surface area contributed by atoms with Crippen LogP contribution >= 0.6 is 27.3 Å². The van der Waals surface area contributed by atoms with Crippen molar-refractivity contribution in [2.24, 2.45) is 0 Å². The topological polar surface area (TPSA) is 37.8 Å². The fraction of sp³-hybridized carbons (Fsp3) is 0.333. The van der Waals surface area contributed by atoms with Gasteiger partial charge in [0.25, 0.3) is 0 Å². The normalized spacial score (nSPS) is 11.1. The molecule has 3 nitrogen and oxygen atoms in total. The van der Waals surface area contributed by atoms with Crippen LogP contribution in [-0.4, -0.2) is 16.0 Å². The summed E-state index contributed by atoms with van der Waals surface area (Å²) in [6.07, 6.45) is 1.79. The van der Waals surface area contributed by atoms with Crippen molar-refractivity contribution in [3.05, 3.63) is 33.9 Å². The maximum absolute atomic E-state index is 4.58. The lowest BCUT2D eigenvalue weighted by Gasteiger charge is -2.04. The first-order valence-electron chi connectivity index (χ1n) is 5.45. The van der Waals surface area contributed by atoms with Gasteiger partial charge in [-0.15, -0.1) is 11.3 Å². The fourth-order valence-corrected chi connectivity index (χ4v) is 2.75. The predicted molar refractivity (Wildman–Crippen MR) is 75.0 cm³/mol. The molecule has 0 atom stereocenters. The lowest BCUT2D eigenvalue weighted by atomic mass is 10.3. The van der Waals surface area contributed by atoms with E-state index in [4.69, 9.17) is 0 Å². The summed E-state index contributed by atoms with van der Waals surface area (Å²) < 4.78 is 0.984. The van der Waals surface area contributed by atoms with Gasteiger partial charge >= 0.3 is 0 Å². The largest absolute Gasteiger partial charge is 0.309 e. The van der Waals surface area contributed by atoms with Gasteiger partial charge in [0.15, 0.2) is 0 Å². The molecule has 0 aliphatic heterocycles. The Morgan fingerprint density at radius 3 is 3.00 bits per heavy atom. The fourth-order valence-electron chi connectivity index (χ4n) is 1.35. The van der Waals surface area contributed by atoms with Gasteiger partial charge in [-0.3, -0.25) is 4.98 Å². The molecule has 90 valence electrons. The highest BCUT2D eigenvalue weighted by Crippen LogP contribution is 2.28. The van der Waals surface area contributed by atoms with Crippen LogP contribution in [0.5, 0.6) is 0 Å². The van der Waals surface area contributed by atoms with E-state index in [1.165, 1.54) is 0 Å². The number of halogens is 1. The van der Waals surface area contributed by atoms with Crippen molar-refractivity contribution in [2.45, 2.75) is 26.4 Å². The molecule has 0 aromatic carbocycles. The molecule has 0 aliphatic rings. The molecule has 0 radical (unpaired) electrons. The second-order valence-corrected chi connectivity index (χ2v) is 5.73. The minimum atomic E-state index is 0.474. The first kappa shape index (κ1) is 12.7. The Morgan fingerprint density at radius 2 is 2.29 bits per heavy atom. The van der Waals surface area contributed by atoms with Gasteiger partial charge in [-0.1, -0.05) is 13.8 Å². The molecule has 0 saturated carbocycles. The highest BCUT2D eigenvalue weighted by atomic mass is 79.9. The van der Waals surface area contributed by atoms with Gasteiger partial charge < -0.3 is 5.32 Å². The molecule has 17 heavy (non-hydrogen) atoms. The van der Waals surface area contributed by atoms with E-state index in [2.05, 4.69) is 50.4 Å². The third-order valence-electron chi connectivity index (χ3n) is 2.20. The Kier molecular flexibility index (Phi) is 4.25. The van der Waals surface area contributed by atoms with E-state index in [1.54, 1.807) is 17.5 Å². The van der Waals surface area contributed by atoms with Gasteiger partial charge in [0, 0.05) is 28.6 Å². The second-order valence-electron chi connectivity index (χ2n) is 4.01. The number of nitrogens with zero attached hydrogens (tertiary/aromatic N) is 2. The summed E-state index contributed by atoms with van der Waals surface area (Å²) >= 11 is 5.12. The number of pyridine rings is 1. The standard InChI is InChI=1S/C12H14BrN3S/c1-8(2)15-6-9-7-17-12(16-9)11-10(13)4-3-5-14-11/h3-5,7-8,15H,6H2,1-2H3. The van der Waals surface area contributed by atoms with Crippen molar-refractivity contribution in [3.8, 4) is 10.7 Å².